The fraction of sp³-hybridized carbons (Fsp3) is 0.160. The van der Waals surface area contributed by atoms with Crippen LogP contribution in [0.4, 0.5) is 33.3 Å². The number of alkyl halides is 3. The minimum atomic E-state index is -4.71. The van der Waals surface area contributed by atoms with Gasteiger partial charge in [-0.25, -0.2) is 22.2 Å². The maximum Gasteiger partial charge on any atom is 0.406 e. The van der Waals surface area contributed by atoms with Crippen LogP contribution in [0.25, 0.3) is 11.4 Å². The van der Waals surface area contributed by atoms with Crippen molar-refractivity contribution in [3.8, 4) is 17.1 Å². The molecule has 1 amide bonds. The van der Waals surface area contributed by atoms with E-state index in [-0.39, 0.29) is 51.3 Å². The monoisotopic (exact) mass is 615 g/mol. The number of pyridine rings is 2. The van der Waals surface area contributed by atoms with Crippen LogP contribution < -0.4 is 14.8 Å². The molecule has 0 bridgehead atoms. The number of amides is 1. The molecule has 41 heavy (non-hydrogen) atoms. The van der Waals surface area contributed by atoms with Gasteiger partial charge in [-0.3, -0.25) is 14.5 Å². The summed E-state index contributed by atoms with van der Waals surface area (Å²) in [5, 5.41) is 2.51. The van der Waals surface area contributed by atoms with E-state index in [1.807, 2.05) is 0 Å². The maximum absolute atomic E-state index is 14.0. The molecule has 4 rings (SSSR count). The van der Waals surface area contributed by atoms with Crippen LogP contribution in [0.15, 0.2) is 61.2 Å². The molecule has 0 saturated carbocycles. The molecule has 0 saturated heterocycles. The van der Waals surface area contributed by atoms with Gasteiger partial charge < -0.3 is 14.6 Å². The van der Waals surface area contributed by atoms with E-state index in [4.69, 9.17) is 16.3 Å². The van der Waals surface area contributed by atoms with Crippen LogP contribution in [-0.2, 0) is 23.2 Å². The Kier molecular flexibility index (Phi) is 8.49. The number of aromatic nitrogens is 3. The first-order valence-electron chi connectivity index (χ1n) is 11.4. The van der Waals surface area contributed by atoms with Gasteiger partial charge in [-0.15, -0.1) is 0 Å². The van der Waals surface area contributed by atoms with E-state index in [1.54, 1.807) is 0 Å². The van der Waals surface area contributed by atoms with Crippen LogP contribution in [0.5, 0.6) is 5.75 Å². The summed E-state index contributed by atoms with van der Waals surface area (Å²) >= 11 is 6.01. The van der Waals surface area contributed by atoms with Crippen molar-refractivity contribution in [2.24, 2.45) is 0 Å². The predicted octanol–water partition coefficient (Wildman–Crippen LogP) is 5.64. The molecule has 3 aromatic heterocycles. The van der Waals surface area contributed by atoms with E-state index in [9.17, 15) is 35.2 Å². The molecule has 0 unspecified atom stereocenters. The van der Waals surface area contributed by atoms with Crippen LogP contribution in [0.1, 0.15) is 15.9 Å². The van der Waals surface area contributed by atoms with Gasteiger partial charge in [0.25, 0.3) is 5.91 Å². The van der Waals surface area contributed by atoms with E-state index >= 15 is 0 Å². The number of anilines is 2. The Hall–Kier alpha value is -4.24. The van der Waals surface area contributed by atoms with Gasteiger partial charge in [0.2, 0.25) is 10.0 Å². The minimum Gasteiger partial charge on any atom is -0.486 e. The molecule has 0 aliphatic carbocycles. The highest BCUT2D eigenvalue weighted by Gasteiger charge is 2.31. The lowest BCUT2D eigenvalue weighted by atomic mass is 10.2. The van der Waals surface area contributed by atoms with Crippen LogP contribution in [0.3, 0.4) is 0 Å². The van der Waals surface area contributed by atoms with Gasteiger partial charge in [-0.2, -0.15) is 13.2 Å². The lowest BCUT2D eigenvalue weighted by molar-refractivity contribution is -0.140. The Morgan fingerprint density at radius 1 is 1.02 bits per heavy atom. The average molecular weight is 616 g/mol. The van der Waals surface area contributed by atoms with Crippen molar-refractivity contribution in [2.75, 3.05) is 16.3 Å². The Morgan fingerprint density at radius 2 is 1.73 bits per heavy atom. The Morgan fingerprint density at radius 3 is 2.41 bits per heavy atom. The van der Waals surface area contributed by atoms with Crippen LogP contribution in [-0.4, -0.2) is 41.3 Å². The van der Waals surface area contributed by atoms with Crippen molar-refractivity contribution in [2.45, 2.75) is 19.3 Å². The van der Waals surface area contributed by atoms with E-state index in [1.165, 1.54) is 24.4 Å². The third-order valence-corrected chi connectivity index (χ3v) is 6.01. The number of nitrogens with zero attached hydrogens (tertiary/aromatic N) is 3. The third-order valence-electron chi connectivity index (χ3n) is 5.19. The van der Waals surface area contributed by atoms with Crippen molar-refractivity contribution in [3.05, 3.63) is 89.0 Å². The lowest BCUT2D eigenvalue weighted by Crippen LogP contribution is -2.18. The number of carbonyl (C=O) groups is 1. The summed E-state index contributed by atoms with van der Waals surface area (Å²) in [5.74, 6) is -2.64. The molecule has 0 aliphatic heterocycles. The van der Waals surface area contributed by atoms with Gasteiger partial charge in [0, 0.05) is 34.7 Å². The zero-order valence-electron chi connectivity index (χ0n) is 20.8. The summed E-state index contributed by atoms with van der Waals surface area (Å²) < 4.78 is 99.4. The fourth-order valence-electron chi connectivity index (χ4n) is 3.71. The molecule has 0 spiro atoms. The van der Waals surface area contributed by atoms with Crippen molar-refractivity contribution >= 4 is 38.9 Å². The quantitative estimate of drug-likeness (QED) is 0.236. The zero-order chi connectivity index (χ0) is 29.9. The Labute approximate surface area is 235 Å². The van der Waals surface area contributed by atoms with Gasteiger partial charge >= 0.3 is 6.18 Å². The summed E-state index contributed by atoms with van der Waals surface area (Å²) in [7, 11) is -3.67. The lowest BCUT2D eigenvalue weighted by Gasteiger charge is -2.14. The van der Waals surface area contributed by atoms with E-state index in [0.29, 0.717) is 4.57 Å². The molecular weight excluding hydrogens is 597 g/mol. The van der Waals surface area contributed by atoms with Crippen molar-refractivity contribution in [1.29, 1.82) is 0 Å². The van der Waals surface area contributed by atoms with Crippen LogP contribution >= 0.6 is 11.6 Å². The average Bonchev–Trinajstić information content (AvgIpc) is 3.23. The number of ether oxygens (including phenoxy) is 1. The highest BCUT2D eigenvalue weighted by Crippen LogP contribution is 2.33. The molecule has 9 nitrogen and oxygen atoms in total. The molecule has 16 heteroatoms. The van der Waals surface area contributed by atoms with Crippen LogP contribution in [0.2, 0.25) is 5.02 Å². The first-order valence-corrected chi connectivity index (χ1v) is 13.7. The molecule has 1 aromatic carbocycles. The summed E-state index contributed by atoms with van der Waals surface area (Å²) in [6.07, 6.45) is 0.129. The second kappa shape index (κ2) is 11.7. The Balaban J connectivity index is 1.69. The normalized spacial score (nSPS) is 11.8. The second-order valence-electron chi connectivity index (χ2n) is 8.71. The number of rotatable bonds is 9. The van der Waals surface area contributed by atoms with Gasteiger partial charge in [0.1, 0.15) is 30.5 Å². The molecular formula is C25H19ClF5N5O4S. The number of hydrogen-bond donors (Lipinski definition) is 2. The molecule has 4 aromatic rings. The summed E-state index contributed by atoms with van der Waals surface area (Å²) in [6.45, 7) is -1.84. The molecule has 0 aliphatic rings. The number of nitrogens with one attached hydrogen (secondary N) is 2. The van der Waals surface area contributed by atoms with Gasteiger partial charge in [-0.1, -0.05) is 11.6 Å². The SMILES string of the molecule is CS(=O)(=O)Nc1cc(Cl)cc(NC(=O)c2cc(-c3ncc(F)cc3OCc3cncc(F)c3)n(CC(F)(F)F)c2)c1. The first kappa shape index (κ1) is 29.7. The minimum absolute atomic E-state index is 0.0384. The topological polar surface area (TPSA) is 115 Å². The number of sulfonamides is 1. The highest BCUT2D eigenvalue weighted by molar-refractivity contribution is 7.92. The predicted molar refractivity (Wildman–Crippen MR) is 140 cm³/mol. The van der Waals surface area contributed by atoms with Gasteiger partial charge in [-0.05, 0) is 30.3 Å². The molecule has 0 radical (unpaired) electrons. The number of benzene rings is 1. The van der Waals surface area contributed by atoms with Crippen molar-refractivity contribution in [3.63, 3.8) is 0 Å². The van der Waals surface area contributed by atoms with Crippen LogP contribution in [0, 0.1) is 11.6 Å². The molecule has 3 heterocycles. The Bertz CT molecular complexity index is 1710. The number of carbonyl (C=O) groups excluding carboxylic acids is 1. The standard InChI is InChI=1S/C25H19ClF5N5O4S/c1-41(38,39)35-20-5-16(26)4-19(7-20)34-24(37)15-3-21(36(11-15)13-25(29,30)31)23-22(6-18(28)10-33-23)40-12-14-2-17(27)9-32-8-14/h2-11,35H,12-13H2,1H3,(H,34,37). The summed E-state index contributed by atoms with van der Waals surface area (Å²) in [4.78, 5) is 20.6. The molecule has 216 valence electrons. The number of hydrogen-bond acceptors (Lipinski definition) is 6. The van der Waals surface area contributed by atoms with E-state index in [0.717, 1.165) is 43.0 Å². The maximum atomic E-state index is 14.0. The summed E-state index contributed by atoms with van der Waals surface area (Å²) in [5.41, 5.74) is -0.347. The third kappa shape index (κ3) is 8.38. The molecule has 2 N–H and O–H groups in total. The first-order chi connectivity index (χ1) is 19.1. The van der Waals surface area contributed by atoms with Crippen molar-refractivity contribution in [1.82, 2.24) is 14.5 Å². The van der Waals surface area contributed by atoms with Crippen molar-refractivity contribution < 1.29 is 39.9 Å². The van der Waals surface area contributed by atoms with Gasteiger partial charge in [0.05, 0.1) is 35.6 Å². The largest absolute Gasteiger partial charge is 0.486 e. The molecule has 0 atom stereocenters. The number of halogens is 6. The highest BCUT2D eigenvalue weighted by atomic mass is 35.5. The fourth-order valence-corrected chi connectivity index (χ4v) is 4.50. The molecule has 0 fully saturated rings. The van der Waals surface area contributed by atoms with E-state index < -0.39 is 40.3 Å². The summed E-state index contributed by atoms with van der Waals surface area (Å²) in [6, 6.07) is 6.95. The van der Waals surface area contributed by atoms with Gasteiger partial charge in [0.15, 0.2) is 5.75 Å². The van der Waals surface area contributed by atoms with E-state index in [2.05, 4.69) is 20.0 Å². The zero-order valence-corrected chi connectivity index (χ0v) is 22.4. The second-order valence-corrected chi connectivity index (χ2v) is 10.9. The smallest absolute Gasteiger partial charge is 0.406 e.